The van der Waals surface area contributed by atoms with Crippen LogP contribution in [0.25, 0.3) is 31.3 Å². The van der Waals surface area contributed by atoms with Crippen molar-refractivity contribution in [2.75, 3.05) is 33.0 Å². The van der Waals surface area contributed by atoms with E-state index >= 15 is 0 Å². The third-order valence-corrected chi connectivity index (χ3v) is 23.4. The van der Waals surface area contributed by atoms with E-state index in [-0.39, 0.29) is 31.7 Å². The number of carbonyl (C=O) groups excluding carboxylic acids is 3. The number of nitrogens with zero attached hydrogens (tertiary/aromatic N) is 10. The standard InChI is InChI=1S/C74H106N10O31S3/c1-39-40(2)64(106-49(11)85)72(103-46(39)8)113-62-45(7)59(80-83-77)71(110-55(62)37-101-117(91,92)93)115-65-48(10)105-73(67(107-50(12)86)66(65)98-34-52-27-19-14-20-28-52)114-63-44(6)58(79-82-76)70(109-56(63)38-102-118(94,95)96)111-60-41(3)42(4)68(104-47(60)9)112-61-43(5)57(78-81-75)69(108-54(61)36-100-116(88,89)90)97-32-24-16-23-31-84(33-51-25-17-13-18-26-51)74(87)99-35-53-29-21-15-22-30-53/h13-15,17-22,25-30,39-48,54-73H,16,23-24,31-38H2,1-12H3,(H,88,89,90)(H,91,92,93)(H,94,95,96)/t39-,40?,41?,42?,43?,44+,45?,46?,47?,48?,54-,55?,56?,57?,58?,59?,60-,61-,62-,63-,64?,65+,66+,67?,68-,69-,70+,71+,72-,73-/m0/s1. The van der Waals surface area contributed by atoms with Gasteiger partial charge in [-0.05, 0) is 103 Å². The molecule has 3 N–H and O–H groups in total. The van der Waals surface area contributed by atoms with Crippen molar-refractivity contribution in [3.63, 3.8) is 0 Å². The summed E-state index contributed by atoms with van der Waals surface area (Å²) in [5.41, 5.74) is 32.7. The minimum atomic E-state index is -5.27. The Hall–Kier alpha value is -7.11. The van der Waals surface area contributed by atoms with Gasteiger partial charge in [-0.3, -0.25) is 23.2 Å². The Morgan fingerprint density at radius 1 is 0.407 bits per heavy atom. The fourth-order valence-corrected chi connectivity index (χ4v) is 16.3. The second-order valence-corrected chi connectivity index (χ2v) is 33.6. The predicted molar refractivity (Wildman–Crippen MR) is 408 cm³/mol. The molecule has 0 radical (unpaired) electrons. The highest BCUT2D eigenvalue weighted by Gasteiger charge is 2.58. The van der Waals surface area contributed by atoms with Gasteiger partial charge >= 0.3 is 49.2 Å². The molecule has 44 heteroatoms. The van der Waals surface area contributed by atoms with Gasteiger partial charge in [0.05, 0.1) is 87.3 Å². The summed E-state index contributed by atoms with van der Waals surface area (Å²) in [5, 5.41) is 12.2. The summed E-state index contributed by atoms with van der Waals surface area (Å²) in [5.74, 6) is -6.38. The van der Waals surface area contributed by atoms with Gasteiger partial charge in [0.25, 0.3) is 0 Å². The molecule has 3 aromatic carbocycles. The number of carbonyl (C=O) groups is 3. The topological polar surface area (TPSA) is 539 Å². The van der Waals surface area contributed by atoms with E-state index in [1.165, 1.54) is 20.8 Å². The van der Waals surface area contributed by atoms with Crippen LogP contribution >= 0.6 is 0 Å². The van der Waals surface area contributed by atoms with Gasteiger partial charge in [0, 0.05) is 60.1 Å². The average molecular weight is 1730 g/mol. The van der Waals surface area contributed by atoms with Crippen LogP contribution in [0.4, 0.5) is 4.79 Å². The number of ether oxygens (including phenoxy) is 16. The summed E-state index contributed by atoms with van der Waals surface area (Å²) in [6.07, 6.45) is -25.8. The molecule has 9 rings (SSSR count). The highest BCUT2D eigenvalue weighted by molar-refractivity contribution is 7.81. The van der Waals surface area contributed by atoms with Crippen LogP contribution in [0.5, 0.6) is 0 Å². The smallest absolute Gasteiger partial charge is 0.410 e. The van der Waals surface area contributed by atoms with Crippen molar-refractivity contribution < 1.29 is 142 Å². The number of azide groups is 3. The molecule has 6 aliphatic heterocycles. The van der Waals surface area contributed by atoms with E-state index in [2.05, 4.69) is 30.1 Å². The number of benzene rings is 3. The molecule has 41 nitrogen and oxygen atoms in total. The molecule has 1 amide bonds. The highest BCUT2D eigenvalue weighted by atomic mass is 32.3. The molecule has 15 unspecified atom stereocenters. The largest absolute Gasteiger partial charge is 0.457 e. The molecule has 0 bridgehead atoms. The Bertz CT molecular complexity index is 4250. The lowest BCUT2D eigenvalue weighted by Gasteiger charge is -2.51. The van der Waals surface area contributed by atoms with Crippen LogP contribution in [-0.2, 0) is 149 Å². The van der Waals surface area contributed by atoms with E-state index in [0.29, 0.717) is 37.9 Å². The lowest BCUT2D eigenvalue weighted by atomic mass is 9.83. The second kappa shape index (κ2) is 43.6. The van der Waals surface area contributed by atoms with Gasteiger partial charge < -0.3 is 80.7 Å². The molecule has 0 saturated carbocycles. The number of unbranched alkanes of at least 4 members (excludes halogenated alkanes) is 2. The normalized spacial score (nSPS) is 35.2. The molecule has 6 fully saturated rings. The van der Waals surface area contributed by atoms with E-state index in [1.54, 1.807) is 76.8 Å². The number of amides is 1. The van der Waals surface area contributed by atoms with Crippen molar-refractivity contribution in [2.24, 2.45) is 56.8 Å². The van der Waals surface area contributed by atoms with Crippen molar-refractivity contribution in [3.8, 4) is 0 Å². The molecular formula is C74H106N10O31S3. The molecular weight excluding hydrogens is 1620 g/mol. The molecule has 30 atom stereocenters. The SMILES string of the molecule is CC(=O)OC1C(C)[C@H](C)C(C)O[C@H]1O[C@@H]1C(COS(=O)(=O)O)O[C@H](O[C@@H]2C(C)O[C@@H](O[C@@H]3C(COS(=O)(=O)O)O[C@H](O[C@@H]4C(C)O[C@@H](O[C@H]5C(C)C(N=[N+]=[N-])[C@@H](OCCCCCN(Cc6ccccc6)C(=O)OCc6ccccc6)O[C@H]5COS(=O)(=O)O)C(C)C4C)C(N=[N+]=[N-])[C@H]3C)C(OC(C)=O)[C@@H]2OCc2ccccc2)C(N=[N+]=[N-])C1C. The lowest BCUT2D eigenvalue weighted by molar-refractivity contribution is -0.373. The van der Waals surface area contributed by atoms with Gasteiger partial charge in [0.1, 0.15) is 37.1 Å². The summed E-state index contributed by atoms with van der Waals surface area (Å²) < 4.78 is 221. The zero-order chi connectivity index (χ0) is 85.9. The minimum Gasteiger partial charge on any atom is -0.457 e. The summed E-state index contributed by atoms with van der Waals surface area (Å²) in [7, 11) is -15.5. The van der Waals surface area contributed by atoms with E-state index in [4.69, 9.17) is 88.3 Å². The van der Waals surface area contributed by atoms with Crippen LogP contribution in [0.15, 0.2) is 106 Å². The van der Waals surface area contributed by atoms with Crippen LogP contribution in [0.2, 0.25) is 0 Å². The Morgan fingerprint density at radius 3 is 1.27 bits per heavy atom. The molecule has 6 aliphatic rings. The van der Waals surface area contributed by atoms with Crippen molar-refractivity contribution in [2.45, 2.75) is 263 Å². The van der Waals surface area contributed by atoms with E-state index in [9.17, 15) is 69.9 Å². The fourth-order valence-electron chi connectivity index (χ4n) is 15.4. The summed E-state index contributed by atoms with van der Waals surface area (Å²) in [6.45, 7) is 16.9. The van der Waals surface area contributed by atoms with Gasteiger partial charge in [-0.1, -0.05) is 155 Å². The number of esters is 2. The Kier molecular flexibility index (Phi) is 35.0. The van der Waals surface area contributed by atoms with E-state index < -0.39 is 240 Å². The lowest BCUT2D eigenvalue weighted by Crippen LogP contribution is -2.65. The minimum absolute atomic E-state index is 0.0502. The maximum Gasteiger partial charge on any atom is 0.410 e. The monoisotopic (exact) mass is 1730 g/mol. The predicted octanol–water partition coefficient (Wildman–Crippen LogP) is 9.74. The van der Waals surface area contributed by atoms with Gasteiger partial charge in [-0.2, -0.15) is 25.3 Å². The van der Waals surface area contributed by atoms with Gasteiger partial charge in [-0.25, -0.2) is 17.3 Å². The Morgan fingerprint density at radius 2 is 0.797 bits per heavy atom. The first-order chi connectivity index (χ1) is 56.0. The van der Waals surface area contributed by atoms with Crippen molar-refractivity contribution in [1.29, 1.82) is 0 Å². The number of hydrogen-bond acceptors (Lipinski definition) is 31. The van der Waals surface area contributed by atoms with Gasteiger partial charge in [0.2, 0.25) is 0 Å². The third kappa shape index (κ3) is 26.5. The molecule has 0 aromatic heterocycles. The van der Waals surface area contributed by atoms with Crippen LogP contribution in [-0.4, -0.2) is 236 Å². The maximum atomic E-state index is 13.5. The van der Waals surface area contributed by atoms with Gasteiger partial charge in [0.15, 0.2) is 49.9 Å². The highest BCUT2D eigenvalue weighted by Crippen LogP contribution is 2.45. The van der Waals surface area contributed by atoms with Crippen molar-refractivity contribution in [3.05, 3.63) is 139 Å². The van der Waals surface area contributed by atoms with Crippen molar-refractivity contribution in [1.82, 2.24) is 4.90 Å². The van der Waals surface area contributed by atoms with Crippen LogP contribution in [0, 0.1) is 41.4 Å². The van der Waals surface area contributed by atoms with Crippen molar-refractivity contribution >= 4 is 49.2 Å². The quantitative estimate of drug-likeness (QED) is 0.00913. The maximum absolute atomic E-state index is 13.5. The number of rotatable bonds is 38. The molecule has 0 aliphatic carbocycles. The number of hydrogen-bond donors (Lipinski definition) is 3. The molecule has 6 saturated heterocycles. The first-order valence-corrected chi connectivity index (χ1v) is 42.8. The van der Waals surface area contributed by atoms with Crippen LogP contribution < -0.4 is 0 Å². The molecule has 656 valence electrons. The summed E-state index contributed by atoms with van der Waals surface area (Å²) in [4.78, 5) is 50.3. The van der Waals surface area contributed by atoms with E-state index in [0.717, 1.165) is 18.1 Å². The summed E-state index contributed by atoms with van der Waals surface area (Å²) in [6, 6.07) is 23.5. The summed E-state index contributed by atoms with van der Waals surface area (Å²) >= 11 is 0. The van der Waals surface area contributed by atoms with E-state index in [1.807, 2.05) is 74.5 Å². The van der Waals surface area contributed by atoms with Crippen LogP contribution in [0.1, 0.15) is 119 Å². The van der Waals surface area contributed by atoms with Crippen LogP contribution in [0.3, 0.4) is 0 Å². The zero-order valence-electron chi connectivity index (χ0n) is 67.2. The second-order valence-electron chi connectivity index (χ2n) is 30.3. The average Bonchev–Trinajstić information content (AvgIpc) is 0.764. The third-order valence-electron chi connectivity index (χ3n) is 22.1. The van der Waals surface area contributed by atoms with Gasteiger partial charge in [-0.15, -0.1) is 0 Å². The first kappa shape index (κ1) is 94.7. The molecule has 3 aromatic rings. The molecule has 6 heterocycles. The first-order valence-electron chi connectivity index (χ1n) is 38.8. The molecule has 0 spiro atoms. The molecule has 118 heavy (non-hydrogen) atoms. The Labute approximate surface area is 684 Å². The zero-order valence-corrected chi connectivity index (χ0v) is 69.7. The fraction of sp³-hybridized carbons (Fsp3) is 0.716. The Balaban J connectivity index is 0.916.